The van der Waals surface area contributed by atoms with Crippen LogP contribution in [0.2, 0.25) is 0 Å². The van der Waals surface area contributed by atoms with Gasteiger partial charge in [-0.25, -0.2) is 4.79 Å². The summed E-state index contributed by atoms with van der Waals surface area (Å²) in [5, 5.41) is 28.4. The van der Waals surface area contributed by atoms with E-state index < -0.39 is 17.9 Å². The number of aromatic hydroxyl groups is 1. The summed E-state index contributed by atoms with van der Waals surface area (Å²) in [6, 6.07) is 13.4. The molecular formula is C18H17NO5. The van der Waals surface area contributed by atoms with Gasteiger partial charge in [0, 0.05) is 18.2 Å². The Balaban J connectivity index is 2.45. The van der Waals surface area contributed by atoms with Crippen molar-refractivity contribution in [3.05, 3.63) is 72.5 Å². The van der Waals surface area contributed by atoms with Gasteiger partial charge in [-0.2, -0.15) is 0 Å². The van der Waals surface area contributed by atoms with Crippen LogP contribution in [0.25, 0.3) is 0 Å². The maximum atomic E-state index is 12.3. The number of carbonyl (C=O) groups is 2. The molecule has 0 aliphatic heterocycles. The molecule has 24 heavy (non-hydrogen) atoms. The molecule has 1 amide bonds. The number of carbonyl (C=O) groups excluding carboxylic acids is 1. The number of carboxylic acids is 1. The second-order valence-electron chi connectivity index (χ2n) is 5.05. The summed E-state index contributed by atoms with van der Waals surface area (Å²) in [5.74, 6) is -1.93. The fourth-order valence-electron chi connectivity index (χ4n) is 2.37. The van der Waals surface area contributed by atoms with E-state index in [9.17, 15) is 19.8 Å². The lowest BCUT2D eigenvalue weighted by Crippen LogP contribution is -2.46. The van der Waals surface area contributed by atoms with Crippen molar-refractivity contribution in [1.29, 1.82) is 0 Å². The van der Waals surface area contributed by atoms with Gasteiger partial charge >= 0.3 is 5.97 Å². The third kappa shape index (κ3) is 3.92. The molecule has 0 aromatic heterocycles. The highest BCUT2D eigenvalue weighted by molar-refractivity contribution is 6.05. The average molecular weight is 327 g/mol. The third-order valence-electron chi connectivity index (χ3n) is 3.49. The fourth-order valence-corrected chi connectivity index (χ4v) is 2.37. The minimum Gasteiger partial charge on any atom is -0.515 e. The van der Waals surface area contributed by atoms with E-state index in [-0.39, 0.29) is 12.2 Å². The predicted octanol–water partition coefficient (Wildman–Crippen LogP) is 2.49. The first-order chi connectivity index (χ1) is 11.5. The number of nitrogens with zero attached hydrogens (tertiary/aromatic N) is 1. The Kier molecular flexibility index (Phi) is 5.57. The summed E-state index contributed by atoms with van der Waals surface area (Å²) in [5.41, 5.74) is 0.787. The van der Waals surface area contributed by atoms with Crippen molar-refractivity contribution < 1.29 is 24.9 Å². The number of anilines is 1. The number of amides is 1. The zero-order chi connectivity index (χ0) is 17.5. The van der Waals surface area contributed by atoms with Gasteiger partial charge in [0.15, 0.2) is 0 Å². The minimum absolute atomic E-state index is 0.0399. The zero-order valence-electron chi connectivity index (χ0n) is 12.7. The van der Waals surface area contributed by atoms with Crippen LogP contribution in [0.5, 0.6) is 5.75 Å². The van der Waals surface area contributed by atoms with Gasteiger partial charge in [0.2, 0.25) is 0 Å². The maximum absolute atomic E-state index is 12.3. The molecule has 0 heterocycles. The van der Waals surface area contributed by atoms with Crippen molar-refractivity contribution in [3.63, 3.8) is 0 Å². The molecule has 0 radical (unpaired) electrons. The number of benzene rings is 2. The Bertz CT molecular complexity index is 742. The molecular weight excluding hydrogens is 310 g/mol. The predicted molar refractivity (Wildman–Crippen MR) is 88.9 cm³/mol. The standard InChI is InChI=1S/C18H17NO5/c20-11-10-17(22)19(14-7-2-1-3-8-14)15(18(23)24)12-13-6-4-5-9-16(13)21/h1-11,15,20-21H,12H2,(H,23,24). The second-order valence-corrected chi connectivity index (χ2v) is 5.05. The number of phenols is 1. The van der Waals surface area contributed by atoms with Crippen LogP contribution in [-0.4, -0.2) is 33.2 Å². The molecule has 3 N–H and O–H groups in total. The van der Waals surface area contributed by atoms with Gasteiger partial charge in [-0.05, 0) is 23.8 Å². The van der Waals surface area contributed by atoms with Gasteiger partial charge < -0.3 is 15.3 Å². The molecule has 0 bridgehead atoms. The summed E-state index contributed by atoms with van der Waals surface area (Å²) in [6.07, 6.45) is 1.37. The number of rotatable bonds is 6. The normalized spacial score (nSPS) is 12.0. The Morgan fingerprint density at radius 1 is 1.04 bits per heavy atom. The van der Waals surface area contributed by atoms with E-state index >= 15 is 0 Å². The van der Waals surface area contributed by atoms with Crippen LogP contribution < -0.4 is 4.90 Å². The number of para-hydroxylation sites is 2. The Morgan fingerprint density at radius 3 is 2.25 bits per heavy atom. The minimum atomic E-state index is -1.25. The molecule has 0 aliphatic rings. The molecule has 1 atom stereocenters. The molecule has 0 saturated carbocycles. The van der Waals surface area contributed by atoms with Gasteiger partial charge in [0.1, 0.15) is 11.8 Å². The van der Waals surface area contributed by atoms with Crippen molar-refractivity contribution in [2.45, 2.75) is 12.5 Å². The lowest BCUT2D eigenvalue weighted by atomic mass is 10.0. The van der Waals surface area contributed by atoms with E-state index in [1.807, 2.05) is 0 Å². The van der Waals surface area contributed by atoms with E-state index in [4.69, 9.17) is 5.11 Å². The van der Waals surface area contributed by atoms with E-state index in [1.54, 1.807) is 48.5 Å². The van der Waals surface area contributed by atoms with Crippen LogP contribution in [0.1, 0.15) is 5.56 Å². The van der Waals surface area contributed by atoms with Crippen LogP contribution in [0.15, 0.2) is 66.9 Å². The summed E-state index contributed by atoms with van der Waals surface area (Å²) in [4.78, 5) is 25.2. The molecule has 0 aliphatic carbocycles. The van der Waals surface area contributed by atoms with Gasteiger partial charge in [-0.3, -0.25) is 9.69 Å². The average Bonchev–Trinajstić information content (AvgIpc) is 2.57. The number of carboxylic acid groups (broad SMARTS) is 1. The Labute approximate surface area is 138 Å². The first kappa shape index (κ1) is 17.1. The van der Waals surface area contributed by atoms with E-state index in [1.165, 1.54) is 6.07 Å². The molecule has 6 nitrogen and oxygen atoms in total. The van der Waals surface area contributed by atoms with Crippen molar-refractivity contribution in [2.75, 3.05) is 4.90 Å². The number of hydrogen-bond acceptors (Lipinski definition) is 4. The SMILES string of the molecule is O=C(O)C(Cc1ccccc1O)N(C(=O)C=CO)c1ccccc1. The van der Waals surface area contributed by atoms with E-state index in [0.717, 1.165) is 11.0 Å². The Morgan fingerprint density at radius 2 is 1.67 bits per heavy atom. The first-order valence-corrected chi connectivity index (χ1v) is 7.23. The van der Waals surface area contributed by atoms with Gasteiger partial charge in [-0.1, -0.05) is 36.4 Å². The largest absolute Gasteiger partial charge is 0.515 e. The fraction of sp³-hybridized carbons (Fsp3) is 0.111. The number of phenolic OH excluding ortho intramolecular Hbond substituents is 1. The number of aliphatic hydroxyl groups excluding tert-OH is 1. The summed E-state index contributed by atoms with van der Waals surface area (Å²) in [7, 11) is 0. The summed E-state index contributed by atoms with van der Waals surface area (Å²) in [6.45, 7) is 0. The molecule has 0 fully saturated rings. The topological polar surface area (TPSA) is 98.1 Å². The first-order valence-electron chi connectivity index (χ1n) is 7.23. The maximum Gasteiger partial charge on any atom is 0.327 e. The second kappa shape index (κ2) is 7.82. The highest BCUT2D eigenvalue weighted by atomic mass is 16.4. The molecule has 0 spiro atoms. The van der Waals surface area contributed by atoms with E-state index in [0.29, 0.717) is 17.5 Å². The molecule has 2 aromatic rings. The zero-order valence-corrected chi connectivity index (χ0v) is 12.7. The summed E-state index contributed by atoms with van der Waals surface area (Å²) < 4.78 is 0. The van der Waals surface area contributed by atoms with Crippen molar-refractivity contribution in [2.24, 2.45) is 0 Å². The smallest absolute Gasteiger partial charge is 0.327 e. The van der Waals surface area contributed by atoms with Crippen LogP contribution in [0, 0.1) is 0 Å². The molecule has 124 valence electrons. The van der Waals surface area contributed by atoms with Crippen LogP contribution in [-0.2, 0) is 16.0 Å². The molecule has 0 saturated heterocycles. The monoisotopic (exact) mass is 327 g/mol. The Hall–Kier alpha value is -3.28. The van der Waals surface area contributed by atoms with Crippen molar-refractivity contribution >= 4 is 17.6 Å². The molecule has 6 heteroatoms. The molecule has 2 aromatic carbocycles. The summed E-state index contributed by atoms with van der Waals surface area (Å²) >= 11 is 0. The van der Waals surface area contributed by atoms with Crippen LogP contribution in [0.3, 0.4) is 0 Å². The van der Waals surface area contributed by atoms with Gasteiger partial charge in [0.25, 0.3) is 5.91 Å². The quantitative estimate of drug-likeness (QED) is 0.559. The van der Waals surface area contributed by atoms with Crippen molar-refractivity contribution in [1.82, 2.24) is 0 Å². The highest BCUT2D eigenvalue weighted by Gasteiger charge is 2.30. The highest BCUT2D eigenvalue weighted by Crippen LogP contribution is 2.24. The lowest BCUT2D eigenvalue weighted by Gasteiger charge is -2.28. The van der Waals surface area contributed by atoms with Gasteiger partial charge in [0.05, 0.1) is 6.26 Å². The third-order valence-corrected chi connectivity index (χ3v) is 3.49. The van der Waals surface area contributed by atoms with Gasteiger partial charge in [-0.15, -0.1) is 0 Å². The number of aliphatic carboxylic acids is 1. The number of hydrogen-bond donors (Lipinski definition) is 3. The molecule has 1 unspecified atom stereocenters. The van der Waals surface area contributed by atoms with Crippen LogP contribution >= 0.6 is 0 Å². The van der Waals surface area contributed by atoms with Crippen molar-refractivity contribution in [3.8, 4) is 5.75 Å². The lowest BCUT2D eigenvalue weighted by molar-refractivity contribution is -0.139. The number of aliphatic hydroxyl groups is 1. The molecule has 2 rings (SSSR count). The van der Waals surface area contributed by atoms with Crippen LogP contribution in [0.4, 0.5) is 5.69 Å². The van der Waals surface area contributed by atoms with E-state index in [2.05, 4.69) is 0 Å².